The third kappa shape index (κ3) is 4.85. The van der Waals surface area contributed by atoms with Gasteiger partial charge in [-0.25, -0.2) is 0 Å². The summed E-state index contributed by atoms with van der Waals surface area (Å²) in [7, 11) is 3.59. The van der Waals surface area contributed by atoms with Gasteiger partial charge in [-0.2, -0.15) is 0 Å². The molecule has 0 aliphatic carbocycles. The highest BCUT2D eigenvalue weighted by Crippen LogP contribution is 2.43. The second kappa shape index (κ2) is 8.37. The molecule has 2 aromatic rings. The maximum absolute atomic E-state index is 12.0. The van der Waals surface area contributed by atoms with Crippen LogP contribution in [0.5, 0.6) is 28.7 Å². The summed E-state index contributed by atoms with van der Waals surface area (Å²) in [6.45, 7) is 3.14. The summed E-state index contributed by atoms with van der Waals surface area (Å²) in [6.07, 6.45) is 0.606. The van der Waals surface area contributed by atoms with E-state index in [2.05, 4.69) is 0 Å². The third-order valence-corrected chi connectivity index (χ3v) is 4.32. The van der Waals surface area contributed by atoms with Gasteiger partial charge in [0.15, 0.2) is 23.0 Å². The summed E-state index contributed by atoms with van der Waals surface area (Å²) in [5.41, 5.74) is 1.95. The first kappa shape index (κ1) is 20.0. The maximum atomic E-state index is 12.0. The molecule has 0 heterocycles. The lowest BCUT2D eigenvalue weighted by molar-refractivity contribution is 0.324. The predicted octanol–water partition coefficient (Wildman–Crippen LogP) is 4.23. The van der Waals surface area contributed by atoms with Crippen LogP contribution in [-0.4, -0.2) is 41.8 Å². The normalized spacial score (nSPS) is 11.0. The summed E-state index contributed by atoms with van der Waals surface area (Å²) < 4.78 is 39.1. The molecule has 2 aromatic carbocycles. The molecule has 6 nitrogen and oxygen atoms in total. The zero-order valence-corrected chi connectivity index (χ0v) is 16.9. The van der Waals surface area contributed by atoms with E-state index in [-0.39, 0.29) is 0 Å². The molecule has 0 saturated heterocycles. The molecule has 0 atom stereocenters. The second-order valence-electron chi connectivity index (χ2n) is 6.04. The van der Waals surface area contributed by atoms with Gasteiger partial charge in [-0.15, -0.1) is 0 Å². The van der Waals surface area contributed by atoms with Crippen molar-refractivity contribution in [2.75, 3.05) is 41.8 Å². The molecule has 0 unspecified atom stereocenters. The maximum Gasteiger partial charge on any atom is 0.242 e. The molecular formula is C19H25O6P. The molecule has 0 spiro atoms. The lowest BCUT2D eigenvalue weighted by Gasteiger charge is -2.16. The molecule has 0 aliphatic heterocycles. The van der Waals surface area contributed by atoms with E-state index < -0.39 is 7.37 Å². The van der Waals surface area contributed by atoms with Gasteiger partial charge in [-0.3, -0.25) is 4.57 Å². The van der Waals surface area contributed by atoms with Crippen LogP contribution in [0.15, 0.2) is 30.3 Å². The van der Waals surface area contributed by atoms with Crippen molar-refractivity contribution >= 4 is 7.37 Å². The molecule has 0 N–H and O–H groups in total. The number of rotatable bonds is 8. The van der Waals surface area contributed by atoms with Crippen LogP contribution >= 0.6 is 7.37 Å². The Morgan fingerprint density at radius 3 is 1.73 bits per heavy atom. The predicted molar refractivity (Wildman–Crippen MR) is 102 cm³/mol. The highest BCUT2D eigenvalue weighted by atomic mass is 31.2. The van der Waals surface area contributed by atoms with Crippen LogP contribution in [0.3, 0.4) is 0 Å². The van der Waals surface area contributed by atoms with E-state index in [4.69, 9.17) is 23.5 Å². The fourth-order valence-corrected chi connectivity index (χ4v) is 3.23. The van der Waals surface area contributed by atoms with Crippen LogP contribution in [0.25, 0.3) is 0 Å². The minimum atomic E-state index is -2.70. The number of hydrogen-bond acceptors (Lipinski definition) is 6. The van der Waals surface area contributed by atoms with E-state index in [1.807, 2.05) is 24.3 Å². The summed E-state index contributed by atoms with van der Waals surface area (Å²) in [4.78, 5) is 0. The summed E-state index contributed by atoms with van der Waals surface area (Å²) in [6, 6.07) is 9.37. The van der Waals surface area contributed by atoms with Crippen LogP contribution in [0.2, 0.25) is 0 Å². The number of methoxy groups -OCH3 is 4. The van der Waals surface area contributed by atoms with Crippen LogP contribution in [0.1, 0.15) is 11.1 Å². The van der Waals surface area contributed by atoms with E-state index in [1.54, 1.807) is 47.8 Å². The summed E-state index contributed by atoms with van der Waals surface area (Å²) in [5.74, 6) is 2.75. The van der Waals surface area contributed by atoms with Gasteiger partial charge in [0.1, 0.15) is 0 Å². The Hall–Kier alpha value is -2.33. The molecule has 0 aliphatic rings. The van der Waals surface area contributed by atoms with Crippen molar-refractivity contribution in [2.24, 2.45) is 0 Å². The molecular weight excluding hydrogens is 355 g/mol. The zero-order chi connectivity index (χ0) is 19.3. The highest BCUT2D eigenvalue weighted by Gasteiger charge is 2.16. The lowest BCUT2D eigenvalue weighted by Crippen LogP contribution is -1.99. The van der Waals surface area contributed by atoms with Crippen LogP contribution in [0, 0.1) is 0 Å². The smallest absolute Gasteiger partial charge is 0.242 e. The Kier molecular flexibility index (Phi) is 6.43. The van der Waals surface area contributed by atoms with Crippen molar-refractivity contribution in [1.82, 2.24) is 0 Å². The van der Waals surface area contributed by atoms with E-state index in [9.17, 15) is 4.57 Å². The standard InChI is InChI=1S/C19H25O6P/c1-21-15-8-7-13(10-16(15)25-26(5,6)20)9-14-11-17(22-2)19(24-4)18(12-14)23-3/h7-8,10-12H,9H2,1-6H3. The quantitative estimate of drug-likeness (QED) is 0.639. The van der Waals surface area contributed by atoms with Gasteiger partial charge >= 0.3 is 0 Å². The van der Waals surface area contributed by atoms with Crippen LogP contribution in [0.4, 0.5) is 0 Å². The molecule has 0 bridgehead atoms. The molecule has 0 saturated carbocycles. The fraction of sp³-hybridized carbons (Fsp3) is 0.368. The summed E-state index contributed by atoms with van der Waals surface area (Å²) in [5, 5.41) is 0. The minimum Gasteiger partial charge on any atom is -0.493 e. The molecule has 0 aromatic heterocycles. The topological polar surface area (TPSA) is 63.2 Å². The van der Waals surface area contributed by atoms with Gasteiger partial charge in [-0.05, 0) is 41.8 Å². The Morgan fingerprint density at radius 1 is 0.731 bits per heavy atom. The van der Waals surface area contributed by atoms with Gasteiger partial charge in [0, 0.05) is 13.3 Å². The van der Waals surface area contributed by atoms with Gasteiger partial charge < -0.3 is 23.5 Å². The van der Waals surface area contributed by atoms with E-state index in [0.717, 1.165) is 11.1 Å². The molecule has 2 rings (SSSR count). The Bertz CT molecular complexity index is 787. The highest BCUT2D eigenvalue weighted by molar-refractivity contribution is 7.57. The van der Waals surface area contributed by atoms with E-state index in [1.165, 1.54) is 0 Å². The first-order valence-corrected chi connectivity index (χ1v) is 10.5. The molecule has 0 radical (unpaired) electrons. The summed E-state index contributed by atoms with van der Waals surface area (Å²) >= 11 is 0. The van der Waals surface area contributed by atoms with Crippen molar-refractivity contribution < 1.29 is 28.0 Å². The average Bonchev–Trinajstić information content (AvgIpc) is 2.59. The molecule has 26 heavy (non-hydrogen) atoms. The Balaban J connectivity index is 2.39. The average molecular weight is 380 g/mol. The van der Waals surface area contributed by atoms with Gasteiger partial charge in [0.2, 0.25) is 13.1 Å². The Labute approximate surface area is 154 Å². The largest absolute Gasteiger partial charge is 0.493 e. The third-order valence-electron chi connectivity index (χ3n) is 3.68. The zero-order valence-electron chi connectivity index (χ0n) is 16.0. The first-order chi connectivity index (χ1) is 12.3. The van der Waals surface area contributed by atoms with E-state index >= 15 is 0 Å². The van der Waals surface area contributed by atoms with Crippen molar-refractivity contribution in [3.8, 4) is 28.7 Å². The Morgan fingerprint density at radius 2 is 1.27 bits per heavy atom. The SMILES string of the molecule is COc1ccc(Cc2cc(OC)c(OC)c(OC)c2)cc1OP(C)(C)=O. The van der Waals surface area contributed by atoms with Gasteiger partial charge in [0.05, 0.1) is 28.4 Å². The second-order valence-corrected chi connectivity index (χ2v) is 8.73. The first-order valence-electron chi connectivity index (χ1n) is 8.01. The van der Waals surface area contributed by atoms with Gasteiger partial charge in [-0.1, -0.05) is 6.07 Å². The van der Waals surface area contributed by atoms with Crippen molar-refractivity contribution in [3.63, 3.8) is 0 Å². The van der Waals surface area contributed by atoms with Crippen molar-refractivity contribution in [2.45, 2.75) is 6.42 Å². The monoisotopic (exact) mass is 380 g/mol. The van der Waals surface area contributed by atoms with Crippen LogP contribution in [-0.2, 0) is 11.0 Å². The molecule has 7 heteroatoms. The number of hydrogen-bond donors (Lipinski definition) is 0. The fourth-order valence-electron chi connectivity index (χ4n) is 2.61. The van der Waals surface area contributed by atoms with Crippen LogP contribution < -0.4 is 23.5 Å². The van der Waals surface area contributed by atoms with Crippen molar-refractivity contribution in [3.05, 3.63) is 41.5 Å². The van der Waals surface area contributed by atoms with Crippen molar-refractivity contribution in [1.29, 1.82) is 0 Å². The lowest BCUT2D eigenvalue weighted by atomic mass is 10.0. The molecule has 142 valence electrons. The van der Waals surface area contributed by atoms with E-state index in [0.29, 0.717) is 35.2 Å². The molecule has 0 amide bonds. The van der Waals surface area contributed by atoms with Gasteiger partial charge in [0.25, 0.3) is 0 Å². The minimum absolute atomic E-state index is 0.464. The number of benzene rings is 2. The molecule has 0 fully saturated rings. The number of ether oxygens (including phenoxy) is 4.